The molecule has 0 aliphatic heterocycles. The van der Waals surface area contributed by atoms with E-state index >= 15 is 0 Å². The first-order chi connectivity index (χ1) is 6.25. The molecule has 0 fully saturated rings. The molecule has 0 amide bonds. The van der Waals surface area contributed by atoms with Gasteiger partial charge in [-0.2, -0.15) is 11.8 Å². The zero-order chi connectivity index (χ0) is 11.4. The molecule has 0 spiro atoms. The van der Waals surface area contributed by atoms with Gasteiger partial charge in [-0.3, -0.25) is 0 Å². The summed E-state index contributed by atoms with van der Waals surface area (Å²) < 4.78 is 0. The summed E-state index contributed by atoms with van der Waals surface area (Å²) in [6, 6.07) is 0.266. The van der Waals surface area contributed by atoms with Crippen molar-refractivity contribution in [1.29, 1.82) is 0 Å². The van der Waals surface area contributed by atoms with E-state index in [1.165, 1.54) is 0 Å². The molecule has 0 aliphatic rings. The zero-order valence-corrected chi connectivity index (χ0v) is 11.3. The largest absolute Gasteiger partial charge is 0.327 e. The molecule has 0 aromatic rings. The molecule has 0 heterocycles. The van der Waals surface area contributed by atoms with Crippen LogP contribution in [0.1, 0.15) is 27.7 Å². The third-order valence-corrected chi connectivity index (χ3v) is 4.08. The normalized spacial score (nSPS) is 17.1. The molecule has 2 nitrogen and oxygen atoms in total. The second kappa shape index (κ2) is 5.99. The van der Waals surface area contributed by atoms with Gasteiger partial charge in [0.15, 0.2) is 0 Å². The molecule has 86 valence electrons. The lowest BCUT2D eigenvalue weighted by atomic mass is 9.88. The average molecular weight is 218 g/mol. The van der Waals surface area contributed by atoms with Crippen LogP contribution < -0.4 is 5.73 Å². The first-order valence-corrected chi connectivity index (χ1v) is 6.32. The van der Waals surface area contributed by atoms with Gasteiger partial charge in [0.2, 0.25) is 0 Å². The topological polar surface area (TPSA) is 29.3 Å². The summed E-state index contributed by atoms with van der Waals surface area (Å²) >= 11 is 2.00. The van der Waals surface area contributed by atoms with Crippen molar-refractivity contribution in [2.24, 2.45) is 11.1 Å². The molecule has 0 aliphatic carbocycles. The Morgan fingerprint density at radius 1 is 1.29 bits per heavy atom. The van der Waals surface area contributed by atoms with Crippen molar-refractivity contribution in [2.75, 3.05) is 26.4 Å². The van der Waals surface area contributed by atoms with E-state index in [0.717, 1.165) is 12.3 Å². The van der Waals surface area contributed by atoms with E-state index in [2.05, 4.69) is 46.7 Å². The van der Waals surface area contributed by atoms with E-state index in [-0.39, 0.29) is 6.04 Å². The van der Waals surface area contributed by atoms with E-state index in [4.69, 9.17) is 5.73 Å². The Hall–Kier alpha value is 0.270. The molecule has 0 radical (unpaired) electrons. The fraction of sp³-hybridized carbons (Fsp3) is 1.00. The Labute approximate surface area is 93.6 Å². The molecule has 0 aromatic carbocycles. The van der Waals surface area contributed by atoms with Crippen LogP contribution in [-0.4, -0.2) is 42.6 Å². The van der Waals surface area contributed by atoms with Gasteiger partial charge < -0.3 is 10.6 Å². The van der Waals surface area contributed by atoms with Crippen LogP contribution in [0.4, 0.5) is 0 Å². The van der Waals surface area contributed by atoms with Crippen LogP contribution in [0.2, 0.25) is 0 Å². The number of hydrogen-bond acceptors (Lipinski definition) is 3. The molecular formula is C11H26N2S. The lowest BCUT2D eigenvalue weighted by Crippen LogP contribution is -2.39. The molecular weight excluding hydrogens is 192 g/mol. The van der Waals surface area contributed by atoms with Gasteiger partial charge in [0, 0.05) is 23.6 Å². The monoisotopic (exact) mass is 218 g/mol. The minimum atomic E-state index is 0.266. The molecule has 0 saturated carbocycles. The Morgan fingerprint density at radius 3 is 2.07 bits per heavy atom. The average Bonchev–Trinajstić information content (AvgIpc) is 1.94. The maximum absolute atomic E-state index is 6.01. The van der Waals surface area contributed by atoms with Crippen molar-refractivity contribution in [1.82, 2.24) is 4.90 Å². The van der Waals surface area contributed by atoms with E-state index in [9.17, 15) is 0 Å². The first kappa shape index (κ1) is 14.3. The zero-order valence-electron chi connectivity index (χ0n) is 10.5. The second-order valence-electron chi connectivity index (χ2n) is 5.32. The predicted molar refractivity (Wildman–Crippen MR) is 67.9 cm³/mol. The molecule has 2 atom stereocenters. The van der Waals surface area contributed by atoms with Gasteiger partial charge in [-0.25, -0.2) is 0 Å². The lowest BCUT2D eigenvalue weighted by Gasteiger charge is -2.33. The van der Waals surface area contributed by atoms with Gasteiger partial charge in [-0.05, 0) is 26.4 Å². The second-order valence-corrected chi connectivity index (χ2v) is 6.57. The summed E-state index contributed by atoms with van der Waals surface area (Å²) in [6.45, 7) is 10.0. The standard InChI is InChI=1S/C11H26N2S/c1-9(12)10(11(2,3)4)14-8-7-13(5)6/h9-10H,7-8,12H2,1-6H3. The molecule has 14 heavy (non-hydrogen) atoms. The third-order valence-electron chi connectivity index (χ3n) is 2.17. The van der Waals surface area contributed by atoms with Crippen molar-refractivity contribution < 1.29 is 0 Å². The van der Waals surface area contributed by atoms with Crippen molar-refractivity contribution >= 4 is 11.8 Å². The van der Waals surface area contributed by atoms with E-state index in [1.54, 1.807) is 0 Å². The predicted octanol–water partition coefficient (Wildman–Crippen LogP) is 2.04. The number of nitrogens with two attached hydrogens (primary N) is 1. The quantitative estimate of drug-likeness (QED) is 0.766. The highest BCUT2D eigenvalue weighted by atomic mass is 32.2. The number of thioether (sulfide) groups is 1. The van der Waals surface area contributed by atoms with Gasteiger partial charge in [-0.15, -0.1) is 0 Å². The highest BCUT2D eigenvalue weighted by molar-refractivity contribution is 8.00. The Balaban J connectivity index is 4.00. The number of hydrogen-bond donors (Lipinski definition) is 1. The Bertz CT molecular complexity index is 150. The maximum atomic E-state index is 6.01. The van der Waals surface area contributed by atoms with Crippen LogP contribution in [0.5, 0.6) is 0 Å². The van der Waals surface area contributed by atoms with Crippen molar-refractivity contribution in [3.05, 3.63) is 0 Å². The van der Waals surface area contributed by atoms with Crippen LogP contribution in [0.15, 0.2) is 0 Å². The maximum Gasteiger partial charge on any atom is 0.0245 e. The van der Waals surface area contributed by atoms with Crippen LogP contribution in [0.25, 0.3) is 0 Å². The minimum Gasteiger partial charge on any atom is -0.327 e. The summed E-state index contributed by atoms with van der Waals surface area (Å²) in [6.07, 6.45) is 0. The van der Waals surface area contributed by atoms with Gasteiger partial charge >= 0.3 is 0 Å². The van der Waals surface area contributed by atoms with Gasteiger partial charge in [0.05, 0.1) is 0 Å². The van der Waals surface area contributed by atoms with Gasteiger partial charge in [-0.1, -0.05) is 20.8 Å². The van der Waals surface area contributed by atoms with Crippen LogP contribution in [-0.2, 0) is 0 Å². The van der Waals surface area contributed by atoms with Crippen molar-refractivity contribution in [3.8, 4) is 0 Å². The number of nitrogens with zero attached hydrogens (tertiary/aromatic N) is 1. The lowest BCUT2D eigenvalue weighted by molar-refractivity contribution is 0.362. The fourth-order valence-corrected chi connectivity index (χ4v) is 3.08. The van der Waals surface area contributed by atoms with Gasteiger partial charge in [0.25, 0.3) is 0 Å². The van der Waals surface area contributed by atoms with Gasteiger partial charge in [0.1, 0.15) is 0 Å². The molecule has 2 N–H and O–H groups in total. The molecule has 0 bridgehead atoms. The van der Waals surface area contributed by atoms with E-state index in [1.807, 2.05) is 11.8 Å². The molecule has 0 rings (SSSR count). The molecule has 0 saturated heterocycles. The number of rotatable bonds is 5. The summed E-state index contributed by atoms with van der Waals surface area (Å²) in [5, 5.41) is 0.544. The SMILES string of the molecule is CC(N)C(SCCN(C)C)C(C)(C)C. The smallest absolute Gasteiger partial charge is 0.0245 e. The highest BCUT2D eigenvalue weighted by Gasteiger charge is 2.27. The Morgan fingerprint density at radius 2 is 1.79 bits per heavy atom. The molecule has 2 unspecified atom stereocenters. The van der Waals surface area contributed by atoms with Crippen LogP contribution >= 0.6 is 11.8 Å². The van der Waals surface area contributed by atoms with Crippen LogP contribution in [0.3, 0.4) is 0 Å². The molecule has 3 heteroatoms. The van der Waals surface area contributed by atoms with E-state index < -0.39 is 0 Å². The minimum absolute atomic E-state index is 0.266. The van der Waals surface area contributed by atoms with Crippen molar-refractivity contribution in [2.45, 2.75) is 39.0 Å². The van der Waals surface area contributed by atoms with Crippen molar-refractivity contribution in [3.63, 3.8) is 0 Å². The summed E-state index contributed by atoms with van der Waals surface area (Å²) in [5.41, 5.74) is 6.30. The fourth-order valence-electron chi connectivity index (χ4n) is 1.55. The summed E-state index contributed by atoms with van der Waals surface area (Å²) in [7, 11) is 4.22. The third kappa shape index (κ3) is 5.89. The van der Waals surface area contributed by atoms with E-state index in [0.29, 0.717) is 10.7 Å². The first-order valence-electron chi connectivity index (χ1n) is 5.27. The molecule has 0 aromatic heterocycles. The summed E-state index contributed by atoms with van der Waals surface area (Å²) in [4.78, 5) is 2.22. The highest BCUT2D eigenvalue weighted by Crippen LogP contribution is 2.32. The summed E-state index contributed by atoms with van der Waals surface area (Å²) in [5.74, 6) is 1.16. The van der Waals surface area contributed by atoms with Crippen LogP contribution in [0, 0.1) is 5.41 Å². The Kier molecular flexibility index (Phi) is 6.10.